The number of fused-ring (bicyclic) bond motifs is 2. The van der Waals surface area contributed by atoms with Crippen molar-refractivity contribution in [2.45, 2.75) is 46.1 Å². The lowest BCUT2D eigenvalue weighted by Crippen LogP contribution is -2.40. The fraction of sp³-hybridized carbons (Fsp3) is 0.625. The minimum absolute atomic E-state index is 0.197. The van der Waals surface area contributed by atoms with Gasteiger partial charge in [-0.05, 0) is 70.1 Å². The molecule has 0 spiro atoms. The van der Waals surface area contributed by atoms with E-state index in [1.165, 1.54) is 19.3 Å². The summed E-state index contributed by atoms with van der Waals surface area (Å²) in [5, 5.41) is 3.58. The van der Waals surface area contributed by atoms with Gasteiger partial charge in [-0.3, -0.25) is 0 Å². The third-order valence-corrected chi connectivity index (χ3v) is 6.70. The standard InChI is InChI=1S/C16H21BrFN/c1-15(2)10-6-7-16(15,3)14(8-10)19-11-4-5-12(17)13(18)9-11/h4-5,9-10,14,19H,6-8H2,1-3H3. The number of hydrogen-bond donors (Lipinski definition) is 1. The molecule has 2 aliphatic carbocycles. The molecule has 2 fully saturated rings. The second-order valence-electron chi connectivity index (χ2n) is 6.94. The predicted molar refractivity (Wildman–Crippen MR) is 80.7 cm³/mol. The first-order valence-corrected chi connectivity index (χ1v) is 7.85. The van der Waals surface area contributed by atoms with Gasteiger partial charge in [0.15, 0.2) is 0 Å². The summed E-state index contributed by atoms with van der Waals surface area (Å²) in [7, 11) is 0. The molecule has 0 amide bonds. The van der Waals surface area contributed by atoms with Crippen molar-refractivity contribution < 1.29 is 4.39 Å². The number of benzene rings is 1. The second-order valence-corrected chi connectivity index (χ2v) is 7.79. The lowest BCUT2D eigenvalue weighted by molar-refractivity contribution is 0.142. The minimum Gasteiger partial charge on any atom is -0.382 e. The second kappa shape index (κ2) is 4.21. The Morgan fingerprint density at radius 1 is 1.32 bits per heavy atom. The van der Waals surface area contributed by atoms with Gasteiger partial charge in [-0.1, -0.05) is 20.8 Å². The van der Waals surface area contributed by atoms with Crippen LogP contribution in [0.5, 0.6) is 0 Å². The van der Waals surface area contributed by atoms with Crippen LogP contribution >= 0.6 is 15.9 Å². The van der Waals surface area contributed by atoms with Crippen LogP contribution in [0.3, 0.4) is 0 Å². The fourth-order valence-corrected chi connectivity index (χ4v) is 4.46. The van der Waals surface area contributed by atoms with Crippen LogP contribution in [0.15, 0.2) is 22.7 Å². The number of hydrogen-bond acceptors (Lipinski definition) is 1. The molecule has 104 valence electrons. The van der Waals surface area contributed by atoms with Gasteiger partial charge in [0.1, 0.15) is 5.82 Å². The average Bonchev–Trinajstić information content (AvgIpc) is 2.67. The van der Waals surface area contributed by atoms with Crippen LogP contribution in [-0.2, 0) is 0 Å². The van der Waals surface area contributed by atoms with Crippen molar-refractivity contribution in [1.82, 2.24) is 0 Å². The Hall–Kier alpha value is -0.570. The summed E-state index contributed by atoms with van der Waals surface area (Å²) in [4.78, 5) is 0. The molecular weight excluding hydrogens is 305 g/mol. The van der Waals surface area contributed by atoms with Crippen molar-refractivity contribution in [3.05, 3.63) is 28.5 Å². The van der Waals surface area contributed by atoms with Crippen molar-refractivity contribution >= 4 is 21.6 Å². The van der Waals surface area contributed by atoms with Crippen LogP contribution in [0.1, 0.15) is 40.0 Å². The van der Waals surface area contributed by atoms with Crippen LogP contribution in [0.25, 0.3) is 0 Å². The average molecular weight is 326 g/mol. The zero-order valence-electron chi connectivity index (χ0n) is 11.8. The van der Waals surface area contributed by atoms with Crippen LogP contribution in [-0.4, -0.2) is 6.04 Å². The van der Waals surface area contributed by atoms with Crippen LogP contribution in [0, 0.1) is 22.6 Å². The molecule has 1 aromatic rings. The third kappa shape index (κ3) is 1.84. The molecule has 3 rings (SSSR count). The fourth-order valence-electron chi connectivity index (χ4n) is 4.21. The highest BCUT2D eigenvalue weighted by Crippen LogP contribution is 2.65. The van der Waals surface area contributed by atoms with Crippen molar-refractivity contribution in [3.63, 3.8) is 0 Å². The van der Waals surface area contributed by atoms with E-state index in [1.54, 1.807) is 12.1 Å². The van der Waals surface area contributed by atoms with E-state index in [9.17, 15) is 4.39 Å². The number of halogens is 2. The smallest absolute Gasteiger partial charge is 0.139 e. The maximum absolute atomic E-state index is 13.6. The van der Waals surface area contributed by atoms with Gasteiger partial charge in [-0.25, -0.2) is 4.39 Å². The zero-order chi connectivity index (χ0) is 13.8. The largest absolute Gasteiger partial charge is 0.382 e. The molecule has 1 N–H and O–H groups in total. The molecule has 0 radical (unpaired) electrons. The molecular formula is C16H21BrFN. The zero-order valence-corrected chi connectivity index (χ0v) is 13.3. The van der Waals surface area contributed by atoms with E-state index in [1.807, 2.05) is 6.07 Å². The van der Waals surface area contributed by atoms with Gasteiger partial charge < -0.3 is 5.32 Å². The van der Waals surface area contributed by atoms with E-state index in [0.717, 1.165) is 11.6 Å². The normalized spacial score (nSPS) is 35.6. The van der Waals surface area contributed by atoms with Gasteiger partial charge in [0.25, 0.3) is 0 Å². The third-order valence-electron chi connectivity index (χ3n) is 6.05. The van der Waals surface area contributed by atoms with Gasteiger partial charge >= 0.3 is 0 Å². The maximum atomic E-state index is 13.6. The molecule has 3 atom stereocenters. The lowest BCUT2D eigenvalue weighted by atomic mass is 9.69. The van der Waals surface area contributed by atoms with Gasteiger partial charge in [0.2, 0.25) is 0 Å². The highest BCUT2D eigenvalue weighted by atomic mass is 79.9. The Bertz CT molecular complexity index is 513. The van der Waals surface area contributed by atoms with Crippen molar-refractivity contribution in [1.29, 1.82) is 0 Å². The Morgan fingerprint density at radius 3 is 2.58 bits per heavy atom. The van der Waals surface area contributed by atoms with Gasteiger partial charge in [0.05, 0.1) is 4.47 Å². The minimum atomic E-state index is -0.197. The Morgan fingerprint density at radius 2 is 2.05 bits per heavy atom. The quantitative estimate of drug-likeness (QED) is 0.786. The van der Waals surface area contributed by atoms with E-state index >= 15 is 0 Å². The molecule has 0 aliphatic heterocycles. The highest BCUT2D eigenvalue weighted by Gasteiger charge is 2.61. The van der Waals surface area contributed by atoms with Crippen LogP contribution < -0.4 is 5.32 Å². The van der Waals surface area contributed by atoms with E-state index in [2.05, 4.69) is 42.0 Å². The van der Waals surface area contributed by atoms with E-state index in [0.29, 0.717) is 21.3 Å². The summed E-state index contributed by atoms with van der Waals surface area (Å²) in [5.74, 6) is 0.605. The highest BCUT2D eigenvalue weighted by molar-refractivity contribution is 9.10. The summed E-state index contributed by atoms with van der Waals surface area (Å²) >= 11 is 3.20. The number of nitrogens with one attached hydrogen (secondary N) is 1. The van der Waals surface area contributed by atoms with Crippen LogP contribution in [0.4, 0.5) is 10.1 Å². The predicted octanol–water partition coefficient (Wildman–Crippen LogP) is 5.21. The molecule has 2 aliphatic rings. The number of anilines is 1. The van der Waals surface area contributed by atoms with Crippen LogP contribution in [0.2, 0.25) is 0 Å². The monoisotopic (exact) mass is 325 g/mol. The summed E-state index contributed by atoms with van der Waals surface area (Å²) < 4.78 is 14.1. The molecule has 19 heavy (non-hydrogen) atoms. The topological polar surface area (TPSA) is 12.0 Å². The molecule has 3 unspecified atom stereocenters. The van der Waals surface area contributed by atoms with Gasteiger partial charge in [-0.2, -0.15) is 0 Å². The van der Waals surface area contributed by atoms with E-state index in [-0.39, 0.29) is 5.82 Å². The summed E-state index contributed by atoms with van der Waals surface area (Å²) in [5.41, 5.74) is 1.61. The van der Waals surface area contributed by atoms with E-state index in [4.69, 9.17) is 0 Å². The molecule has 2 saturated carbocycles. The molecule has 0 saturated heterocycles. The lowest BCUT2D eigenvalue weighted by Gasteiger charge is -2.40. The molecule has 0 aromatic heterocycles. The van der Waals surface area contributed by atoms with Gasteiger partial charge in [-0.15, -0.1) is 0 Å². The van der Waals surface area contributed by atoms with E-state index < -0.39 is 0 Å². The first-order chi connectivity index (χ1) is 8.84. The SMILES string of the molecule is CC1(C)C2CCC1(C)C(Nc1ccc(Br)c(F)c1)C2. The Labute approximate surface area is 123 Å². The Balaban J connectivity index is 1.84. The molecule has 3 heteroatoms. The maximum Gasteiger partial charge on any atom is 0.139 e. The molecule has 0 heterocycles. The molecule has 1 aromatic carbocycles. The van der Waals surface area contributed by atoms with Crippen molar-refractivity contribution in [2.75, 3.05) is 5.32 Å². The van der Waals surface area contributed by atoms with Crippen molar-refractivity contribution in [3.8, 4) is 0 Å². The molecule has 1 nitrogen and oxygen atoms in total. The van der Waals surface area contributed by atoms with Crippen molar-refractivity contribution in [2.24, 2.45) is 16.7 Å². The summed E-state index contributed by atoms with van der Waals surface area (Å²) in [6, 6.07) is 5.78. The first-order valence-electron chi connectivity index (χ1n) is 7.06. The van der Waals surface area contributed by atoms with Gasteiger partial charge in [0, 0.05) is 11.7 Å². The number of rotatable bonds is 2. The first kappa shape index (κ1) is 13.4. The Kier molecular flexibility index (Phi) is 2.97. The summed E-state index contributed by atoms with van der Waals surface area (Å²) in [6.45, 7) is 7.19. The molecule has 2 bridgehead atoms. The summed E-state index contributed by atoms with van der Waals surface area (Å²) in [6.07, 6.45) is 3.83.